The number of aromatic hydroxyl groups is 1. The summed E-state index contributed by atoms with van der Waals surface area (Å²) in [5, 5.41) is 12.5. The minimum atomic E-state index is -1.18. The van der Waals surface area contributed by atoms with Crippen molar-refractivity contribution >= 4 is 39.9 Å². The Kier molecular flexibility index (Phi) is 4.91. The lowest BCUT2D eigenvalue weighted by Gasteiger charge is -2.40. The van der Waals surface area contributed by atoms with Crippen molar-refractivity contribution in [2.45, 2.75) is 19.3 Å². The molecule has 0 aromatic heterocycles. The number of nitrogens with zero attached hydrogens (tertiary/aromatic N) is 1. The van der Waals surface area contributed by atoms with E-state index in [1.165, 1.54) is 12.1 Å². The fraction of sp³-hybridized carbons (Fsp3) is 0.185. The zero-order chi connectivity index (χ0) is 23.5. The highest BCUT2D eigenvalue weighted by molar-refractivity contribution is 6.31. The Balaban J connectivity index is 1.74. The van der Waals surface area contributed by atoms with Gasteiger partial charge in [-0.05, 0) is 54.0 Å². The summed E-state index contributed by atoms with van der Waals surface area (Å²) in [6, 6.07) is 14.9. The molecule has 0 bridgehead atoms. The van der Waals surface area contributed by atoms with E-state index in [9.17, 15) is 19.1 Å². The van der Waals surface area contributed by atoms with Crippen LogP contribution in [0.4, 0.5) is 10.1 Å². The standard InChI is InChI=1S/C27H21ClFNO3/c1-3-15-8-11-19-25(32)30(17-10-12-21(29)20(28)14-17)26(33)27(19,2)24(15)23-18-7-5-4-6-16(18)9-13-22(23)31/h3-10,12-14,19,24,31H,1,11H2,2H3. The van der Waals surface area contributed by atoms with Crippen LogP contribution in [-0.2, 0) is 9.59 Å². The van der Waals surface area contributed by atoms with Crippen LogP contribution in [-0.4, -0.2) is 16.9 Å². The maximum Gasteiger partial charge on any atom is 0.241 e. The van der Waals surface area contributed by atoms with Gasteiger partial charge in [-0.15, -0.1) is 0 Å². The highest BCUT2D eigenvalue weighted by atomic mass is 35.5. The number of anilines is 1. The molecule has 3 aromatic rings. The molecule has 2 amide bonds. The van der Waals surface area contributed by atoms with Crippen LogP contribution in [0.5, 0.6) is 5.75 Å². The molecule has 0 spiro atoms. The van der Waals surface area contributed by atoms with E-state index in [4.69, 9.17) is 11.6 Å². The number of imide groups is 1. The SMILES string of the molecule is C=CC1=CCC2C(=O)N(c3ccc(F)c(Cl)c3)C(=O)C2(C)C1c1c(O)ccc2ccccc12. The average Bonchev–Trinajstić information content (AvgIpc) is 3.01. The Labute approximate surface area is 195 Å². The van der Waals surface area contributed by atoms with Crippen molar-refractivity contribution in [3.8, 4) is 5.75 Å². The maximum atomic E-state index is 14.0. The molecule has 1 N–H and O–H groups in total. The molecule has 166 valence electrons. The smallest absolute Gasteiger partial charge is 0.241 e. The van der Waals surface area contributed by atoms with Gasteiger partial charge >= 0.3 is 0 Å². The quantitative estimate of drug-likeness (QED) is 0.477. The molecule has 1 aliphatic carbocycles. The van der Waals surface area contributed by atoms with Gasteiger partial charge in [0.15, 0.2) is 0 Å². The Morgan fingerprint density at radius 1 is 1.18 bits per heavy atom. The molecule has 1 saturated heterocycles. The van der Waals surface area contributed by atoms with Gasteiger partial charge in [0.1, 0.15) is 11.6 Å². The van der Waals surface area contributed by atoms with Gasteiger partial charge < -0.3 is 5.11 Å². The molecule has 5 rings (SSSR count). The molecule has 4 nitrogen and oxygen atoms in total. The third-order valence-electron chi connectivity index (χ3n) is 7.06. The number of rotatable bonds is 3. The number of carbonyl (C=O) groups excluding carboxylic acids is 2. The van der Waals surface area contributed by atoms with E-state index >= 15 is 0 Å². The summed E-state index contributed by atoms with van der Waals surface area (Å²) in [4.78, 5) is 28.6. The molecule has 0 radical (unpaired) electrons. The van der Waals surface area contributed by atoms with Crippen LogP contribution in [0.15, 0.2) is 78.9 Å². The van der Waals surface area contributed by atoms with Crippen LogP contribution in [0, 0.1) is 17.2 Å². The first-order valence-electron chi connectivity index (χ1n) is 10.7. The van der Waals surface area contributed by atoms with Gasteiger partial charge in [0.2, 0.25) is 11.8 Å². The Hall–Kier alpha value is -3.44. The Morgan fingerprint density at radius 2 is 1.94 bits per heavy atom. The van der Waals surface area contributed by atoms with E-state index in [2.05, 4.69) is 6.58 Å². The molecule has 6 heteroatoms. The molecular formula is C27H21ClFNO3. The highest BCUT2D eigenvalue weighted by Crippen LogP contribution is 2.59. The lowest BCUT2D eigenvalue weighted by atomic mass is 9.59. The molecule has 0 saturated carbocycles. The number of phenolic OH excluding ortho intramolecular Hbond substituents is 1. The van der Waals surface area contributed by atoms with Gasteiger partial charge in [0.05, 0.1) is 22.0 Å². The third-order valence-corrected chi connectivity index (χ3v) is 7.35. The number of halogens is 2. The second kappa shape index (κ2) is 7.56. The normalized spacial score (nSPS) is 24.7. The second-order valence-corrected chi connectivity index (χ2v) is 9.12. The fourth-order valence-electron chi connectivity index (χ4n) is 5.41. The van der Waals surface area contributed by atoms with Gasteiger partial charge in [-0.3, -0.25) is 9.59 Å². The molecule has 2 aliphatic rings. The van der Waals surface area contributed by atoms with Crippen LogP contribution in [0.2, 0.25) is 5.02 Å². The average molecular weight is 462 g/mol. The number of allylic oxidation sites excluding steroid dienone is 3. The van der Waals surface area contributed by atoms with Crippen LogP contribution in [0.25, 0.3) is 10.8 Å². The minimum absolute atomic E-state index is 0.0526. The third kappa shape index (κ3) is 2.96. The van der Waals surface area contributed by atoms with E-state index in [0.29, 0.717) is 12.0 Å². The predicted octanol–water partition coefficient (Wildman–Crippen LogP) is 6.13. The van der Waals surface area contributed by atoms with E-state index in [0.717, 1.165) is 27.3 Å². The molecule has 1 fully saturated rings. The van der Waals surface area contributed by atoms with Crippen molar-refractivity contribution in [1.82, 2.24) is 0 Å². The van der Waals surface area contributed by atoms with Gasteiger partial charge in [-0.25, -0.2) is 9.29 Å². The number of benzene rings is 3. The molecule has 1 aliphatic heterocycles. The van der Waals surface area contributed by atoms with Crippen LogP contribution < -0.4 is 4.90 Å². The maximum absolute atomic E-state index is 14.0. The van der Waals surface area contributed by atoms with Crippen LogP contribution in [0.3, 0.4) is 0 Å². The number of hydrogen-bond donors (Lipinski definition) is 1. The monoisotopic (exact) mass is 461 g/mol. The molecule has 3 unspecified atom stereocenters. The van der Waals surface area contributed by atoms with Crippen LogP contribution in [0.1, 0.15) is 24.8 Å². The lowest BCUT2D eigenvalue weighted by molar-refractivity contribution is -0.127. The highest BCUT2D eigenvalue weighted by Gasteiger charge is 2.62. The lowest BCUT2D eigenvalue weighted by Crippen LogP contribution is -2.41. The first-order valence-corrected chi connectivity index (χ1v) is 11.0. The molecule has 33 heavy (non-hydrogen) atoms. The number of carbonyl (C=O) groups is 2. The van der Waals surface area contributed by atoms with E-state index < -0.39 is 29.0 Å². The summed E-state index contributed by atoms with van der Waals surface area (Å²) in [6.45, 7) is 5.71. The second-order valence-electron chi connectivity index (χ2n) is 8.71. The Bertz CT molecular complexity index is 1380. The number of hydrogen-bond acceptors (Lipinski definition) is 3. The van der Waals surface area contributed by atoms with Crippen molar-refractivity contribution in [3.63, 3.8) is 0 Å². The van der Waals surface area contributed by atoms with Crippen molar-refractivity contribution in [2.24, 2.45) is 11.3 Å². The molecular weight excluding hydrogens is 441 g/mol. The van der Waals surface area contributed by atoms with Gasteiger partial charge in [-0.2, -0.15) is 0 Å². The van der Waals surface area contributed by atoms with Gasteiger partial charge in [0.25, 0.3) is 0 Å². The first kappa shape index (κ1) is 21.4. The van der Waals surface area contributed by atoms with Crippen molar-refractivity contribution in [1.29, 1.82) is 0 Å². The summed E-state index contributed by atoms with van der Waals surface area (Å²) in [5.74, 6) is -2.61. The molecule has 1 heterocycles. The van der Waals surface area contributed by atoms with E-state index in [-0.39, 0.29) is 22.4 Å². The van der Waals surface area contributed by atoms with Gasteiger partial charge in [0, 0.05) is 11.5 Å². The summed E-state index contributed by atoms with van der Waals surface area (Å²) in [5.41, 5.74) is 0.415. The topological polar surface area (TPSA) is 57.6 Å². The zero-order valence-electron chi connectivity index (χ0n) is 17.9. The van der Waals surface area contributed by atoms with Crippen molar-refractivity contribution in [3.05, 3.63) is 95.3 Å². The summed E-state index contributed by atoms with van der Waals surface area (Å²) < 4.78 is 13.8. The zero-order valence-corrected chi connectivity index (χ0v) is 18.6. The fourth-order valence-corrected chi connectivity index (χ4v) is 5.59. The molecule has 3 aromatic carbocycles. The largest absolute Gasteiger partial charge is 0.508 e. The van der Waals surface area contributed by atoms with Crippen molar-refractivity contribution in [2.75, 3.05) is 4.90 Å². The number of fused-ring (bicyclic) bond motifs is 2. The van der Waals surface area contributed by atoms with E-state index in [1.54, 1.807) is 19.1 Å². The number of phenols is 1. The Morgan fingerprint density at radius 3 is 2.67 bits per heavy atom. The van der Waals surface area contributed by atoms with Crippen LogP contribution >= 0.6 is 11.6 Å². The predicted molar refractivity (Wildman–Crippen MR) is 127 cm³/mol. The molecule has 3 atom stereocenters. The summed E-state index contributed by atoms with van der Waals surface area (Å²) >= 11 is 5.95. The minimum Gasteiger partial charge on any atom is -0.508 e. The first-order chi connectivity index (χ1) is 15.8. The van der Waals surface area contributed by atoms with E-state index in [1.807, 2.05) is 36.4 Å². The van der Waals surface area contributed by atoms with Crippen molar-refractivity contribution < 1.29 is 19.1 Å². The van der Waals surface area contributed by atoms with Gasteiger partial charge in [-0.1, -0.05) is 60.7 Å². The summed E-state index contributed by atoms with van der Waals surface area (Å²) in [6.07, 6.45) is 3.95. The number of amides is 2. The summed E-state index contributed by atoms with van der Waals surface area (Å²) in [7, 11) is 0.